The summed E-state index contributed by atoms with van der Waals surface area (Å²) in [6, 6.07) is 2.12. The van der Waals surface area contributed by atoms with Crippen LogP contribution in [0.3, 0.4) is 0 Å². The fourth-order valence-electron chi connectivity index (χ4n) is 2.50. The van der Waals surface area contributed by atoms with Crippen molar-refractivity contribution in [2.45, 2.75) is 59.4 Å². The van der Waals surface area contributed by atoms with Crippen molar-refractivity contribution in [3.63, 3.8) is 0 Å². The summed E-state index contributed by atoms with van der Waals surface area (Å²) >= 11 is 0. The number of aromatic nitrogens is 3. The van der Waals surface area contributed by atoms with Gasteiger partial charge in [0.05, 0.1) is 6.20 Å². The molecule has 0 aromatic carbocycles. The summed E-state index contributed by atoms with van der Waals surface area (Å²) in [4.78, 5) is 16.8. The van der Waals surface area contributed by atoms with Gasteiger partial charge in [0.25, 0.3) is 5.91 Å². The first-order chi connectivity index (χ1) is 10.0. The second kappa shape index (κ2) is 6.70. The van der Waals surface area contributed by atoms with Gasteiger partial charge in [-0.3, -0.25) is 4.79 Å². The number of hydrogen-bond acceptors (Lipinski definition) is 3. The minimum absolute atomic E-state index is 0.0912. The van der Waals surface area contributed by atoms with Crippen LogP contribution in [0.1, 0.15) is 61.3 Å². The molecule has 1 atom stereocenters. The Kier molecular flexibility index (Phi) is 4.94. The van der Waals surface area contributed by atoms with Crippen molar-refractivity contribution in [1.29, 1.82) is 0 Å². The molecular formula is C16H24N4O. The lowest BCUT2D eigenvalue weighted by atomic mass is 10.1. The van der Waals surface area contributed by atoms with Crippen LogP contribution in [0.4, 0.5) is 0 Å². The Morgan fingerprint density at radius 2 is 2.14 bits per heavy atom. The van der Waals surface area contributed by atoms with E-state index in [4.69, 9.17) is 0 Å². The largest absolute Gasteiger partial charge is 0.349 e. The molecule has 0 aliphatic heterocycles. The molecule has 5 nitrogen and oxygen atoms in total. The topological polar surface area (TPSA) is 59.3 Å². The normalized spacial score (nSPS) is 12.6. The summed E-state index contributed by atoms with van der Waals surface area (Å²) in [5, 5.41) is 7.30. The van der Waals surface area contributed by atoms with Crippen LogP contribution in [0.25, 0.3) is 5.65 Å². The van der Waals surface area contributed by atoms with Gasteiger partial charge in [0.1, 0.15) is 5.56 Å². The summed E-state index contributed by atoms with van der Waals surface area (Å²) in [6.07, 6.45) is 6.14. The molecule has 0 saturated carbocycles. The first-order valence-corrected chi connectivity index (χ1v) is 7.65. The van der Waals surface area contributed by atoms with E-state index in [1.165, 1.54) is 12.8 Å². The average Bonchev–Trinajstić information content (AvgIpc) is 2.83. The van der Waals surface area contributed by atoms with Gasteiger partial charge < -0.3 is 5.32 Å². The van der Waals surface area contributed by atoms with E-state index >= 15 is 0 Å². The van der Waals surface area contributed by atoms with Gasteiger partial charge in [0.2, 0.25) is 0 Å². The van der Waals surface area contributed by atoms with E-state index in [9.17, 15) is 4.79 Å². The summed E-state index contributed by atoms with van der Waals surface area (Å²) in [6.45, 7) is 8.11. The highest BCUT2D eigenvalue weighted by molar-refractivity contribution is 5.99. The molecule has 21 heavy (non-hydrogen) atoms. The fourth-order valence-corrected chi connectivity index (χ4v) is 2.50. The number of rotatable bonds is 6. The Labute approximate surface area is 125 Å². The Balaban J connectivity index is 2.13. The van der Waals surface area contributed by atoms with E-state index in [1.54, 1.807) is 10.7 Å². The van der Waals surface area contributed by atoms with Crippen LogP contribution in [0.5, 0.6) is 0 Å². The van der Waals surface area contributed by atoms with Crippen molar-refractivity contribution in [2.75, 3.05) is 0 Å². The van der Waals surface area contributed by atoms with Crippen LogP contribution < -0.4 is 5.32 Å². The molecular weight excluding hydrogens is 264 g/mol. The maximum absolute atomic E-state index is 12.4. The number of carbonyl (C=O) groups is 1. The van der Waals surface area contributed by atoms with E-state index in [2.05, 4.69) is 22.3 Å². The zero-order valence-corrected chi connectivity index (χ0v) is 13.3. The van der Waals surface area contributed by atoms with Crippen LogP contribution in [-0.4, -0.2) is 26.5 Å². The Morgan fingerprint density at radius 3 is 2.86 bits per heavy atom. The van der Waals surface area contributed by atoms with E-state index in [0.717, 1.165) is 24.2 Å². The van der Waals surface area contributed by atoms with Gasteiger partial charge in [0.15, 0.2) is 5.65 Å². The average molecular weight is 288 g/mol. The third kappa shape index (κ3) is 3.60. The lowest BCUT2D eigenvalue weighted by Gasteiger charge is -2.13. The maximum atomic E-state index is 12.4. The summed E-state index contributed by atoms with van der Waals surface area (Å²) in [5.41, 5.74) is 3.05. The minimum atomic E-state index is -0.0912. The Morgan fingerprint density at radius 1 is 1.38 bits per heavy atom. The number of hydrogen-bond donors (Lipinski definition) is 1. The third-order valence-electron chi connectivity index (χ3n) is 3.64. The molecule has 5 heteroatoms. The van der Waals surface area contributed by atoms with Crippen LogP contribution in [0, 0.1) is 13.8 Å². The molecule has 2 aromatic rings. The lowest BCUT2D eigenvalue weighted by molar-refractivity contribution is 0.0939. The molecule has 2 rings (SSSR count). The molecule has 0 aliphatic rings. The van der Waals surface area contributed by atoms with Gasteiger partial charge in [-0.1, -0.05) is 26.2 Å². The molecule has 2 heterocycles. The van der Waals surface area contributed by atoms with E-state index in [0.29, 0.717) is 11.2 Å². The highest BCUT2D eigenvalue weighted by atomic mass is 16.1. The second-order valence-corrected chi connectivity index (χ2v) is 5.70. The van der Waals surface area contributed by atoms with Gasteiger partial charge >= 0.3 is 0 Å². The predicted octanol–water partition coefficient (Wildman–Crippen LogP) is 3.04. The van der Waals surface area contributed by atoms with Crippen molar-refractivity contribution in [3.05, 3.63) is 29.2 Å². The molecule has 0 radical (unpaired) electrons. The predicted molar refractivity (Wildman–Crippen MR) is 83.5 cm³/mol. The van der Waals surface area contributed by atoms with Gasteiger partial charge in [-0.25, -0.2) is 9.50 Å². The molecule has 0 aliphatic carbocycles. The zero-order valence-electron chi connectivity index (χ0n) is 13.3. The van der Waals surface area contributed by atoms with Crippen molar-refractivity contribution in [2.24, 2.45) is 0 Å². The highest BCUT2D eigenvalue weighted by Gasteiger charge is 2.16. The monoisotopic (exact) mass is 288 g/mol. The molecule has 0 bridgehead atoms. The van der Waals surface area contributed by atoms with Crippen LogP contribution in [0.15, 0.2) is 12.3 Å². The summed E-state index contributed by atoms with van der Waals surface area (Å²) in [5.74, 6) is -0.0912. The Hall–Kier alpha value is -1.91. The lowest BCUT2D eigenvalue weighted by Crippen LogP contribution is -2.32. The zero-order chi connectivity index (χ0) is 15.4. The first kappa shape index (κ1) is 15.5. The van der Waals surface area contributed by atoms with Crippen LogP contribution in [0.2, 0.25) is 0 Å². The molecule has 1 amide bonds. The minimum Gasteiger partial charge on any atom is -0.349 e. The molecule has 0 saturated heterocycles. The molecule has 114 valence electrons. The molecule has 1 N–H and O–H groups in total. The maximum Gasteiger partial charge on any atom is 0.256 e. The number of fused-ring (bicyclic) bond motifs is 1. The third-order valence-corrected chi connectivity index (χ3v) is 3.64. The molecule has 0 fully saturated rings. The standard InChI is InChI=1S/C16H24N4O/c1-5-6-7-8-11(2)19-16(21)14-10-17-20-13(4)9-12(3)18-15(14)20/h9-11H,5-8H2,1-4H3,(H,19,21)/t11-/m1/s1. The number of nitrogens with zero attached hydrogens (tertiary/aromatic N) is 3. The van der Waals surface area contributed by atoms with E-state index < -0.39 is 0 Å². The highest BCUT2D eigenvalue weighted by Crippen LogP contribution is 2.12. The fraction of sp³-hybridized carbons (Fsp3) is 0.562. The number of nitrogens with one attached hydrogen (secondary N) is 1. The smallest absolute Gasteiger partial charge is 0.256 e. The van der Waals surface area contributed by atoms with E-state index in [1.807, 2.05) is 26.8 Å². The van der Waals surface area contributed by atoms with Crippen LogP contribution >= 0.6 is 0 Å². The van der Waals surface area contributed by atoms with Gasteiger partial charge in [-0.15, -0.1) is 0 Å². The number of unbranched alkanes of at least 4 members (excludes halogenated alkanes) is 2. The van der Waals surface area contributed by atoms with Crippen molar-refractivity contribution < 1.29 is 4.79 Å². The second-order valence-electron chi connectivity index (χ2n) is 5.70. The van der Waals surface area contributed by atoms with Crippen molar-refractivity contribution in [3.8, 4) is 0 Å². The summed E-state index contributed by atoms with van der Waals surface area (Å²) < 4.78 is 1.71. The van der Waals surface area contributed by atoms with Crippen molar-refractivity contribution in [1.82, 2.24) is 19.9 Å². The quantitative estimate of drug-likeness (QED) is 0.831. The van der Waals surface area contributed by atoms with Crippen molar-refractivity contribution >= 4 is 11.6 Å². The number of carbonyl (C=O) groups excluding carboxylic acids is 1. The van der Waals surface area contributed by atoms with E-state index in [-0.39, 0.29) is 11.9 Å². The van der Waals surface area contributed by atoms with Crippen LogP contribution in [-0.2, 0) is 0 Å². The van der Waals surface area contributed by atoms with Gasteiger partial charge in [-0.05, 0) is 33.3 Å². The molecule has 0 spiro atoms. The Bertz CT molecular complexity index is 632. The SMILES string of the molecule is CCCCC[C@@H](C)NC(=O)c1cnn2c(C)cc(C)nc12. The van der Waals surface area contributed by atoms with Gasteiger partial charge in [-0.2, -0.15) is 5.10 Å². The first-order valence-electron chi connectivity index (χ1n) is 7.65. The molecule has 2 aromatic heterocycles. The van der Waals surface area contributed by atoms with Gasteiger partial charge in [0, 0.05) is 17.4 Å². The summed E-state index contributed by atoms with van der Waals surface area (Å²) in [7, 11) is 0. The number of amides is 1. The molecule has 0 unspecified atom stereocenters. The number of aryl methyl sites for hydroxylation is 2.